The summed E-state index contributed by atoms with van der Waals surface area (Å²) in [4.78, 5) is 24.9. The van der Waals surface area contributed by atoms with Gasteiger partial charge in [0.2, 0.25) is 5.91 Å². The minimum Gasteiger partial charge on any atom is -0.545 e. The topological polar surface area (TPSA) is 69.7 Å². The first-order chi connectivity index (χ1) is 11.1. The minimum absolute atomic E-state index is 0.0497. The summed E-state index contributed by atoms with van der Waals surface area (Å²) in [5, 5.41) is 10.8. The predicted octanol–water partition coefficient (Wildman–Crippen LogP) is 1.84. The van der Waals surface area contributed by atoms with Crippen LogP contribution in [0.1, 0.15) is 21.3 Å². The average molecular weight is 328 g/mol. The van der Waals surface area contributed by atoms with Gasteiger partial charge in [-0.05, 0) is 35.4 Å². The van der Waals surface area contributed by atoms with Gasteiger partial charge < -0.3 is 14.6 Å². The number of benzene rings is 2. The van der Waals surface area contributed by atoms with Gasteiger partial charge in [-0.25, -0.2) is 0 Å². The number of aromatic carboxylic acids is 1. The molecule has 0 aliphatic carbocycles. The van der Waals surface area contributed by atoms with E-state index in [4.69, 9.17) is 4.74 Å². The molecule has 1 heterocycles. The van der Waals surface area contributed by atoms with Crippen molar-refractivity contribution >= 4 is 29.3 Å². The van der Waals surface area contributed by atoms with Gasteiger partial charge in [-0.2, -0.15) is 0 Å². The highest BCUT2D eigenvalue weighted by molar-refractivity contribution is 8.00. The van der Waals surface area contributed by atoms with Crippen LogP contribution in [-0.4, -0.2) is 24.7 Å². The number of amides is 1. The Bertz CT molecular complexity index is 745. The van der Waals surface area contributed by atoms with Crippen LogP contribution in [0.15, 0.2) is 48.5 Å². The van der Waals surface area contributed by atoms with Crippen LogP contribution in [-0.2, 0) is 4.79 Å². The largest absolute Gasteiger partial charge is 0.545 e. The number of carboxylic acids is 1. The zero-order valence-electron chi connectivity index (χ0n) is 12.4. The van der Waals surface area contributed by atoms with Gasteiger partial charge >= 0.3 is 0 Å². The summed E-state index contributed by atoms with van der Waals surface area (Å²) in [5.74, 6) is -0.210. The third kappa shape index (κ3) is 3.03. The van der Waals surface area contributed by atoms with Gasteiger partial charge in [-0.15, -0.1) is 11.8 Å². The Morgan fingerprint density at radius 2 is 2.00 bits per heavy atom. The summed E-state index contributed by atoms with van der Waals surface area (Å²) in [6.45, 7) is 0. The second kappa shape index (κ2) is 6.34. The molecule has 1 aliphatic heterocycles. The summed E-state index contributed by atoms with van der Waals surface area (Å²) in [5.41, 5.74) is 1.57. The van der Waals surface area contributed by atoms with E-state index in [1.807, 2.05) is 24.3 Å². The van der Waals surface area contributed by atoms with Gasteiger partial charge in [0.25, 0.3) is 0 Å². The molecule has 1 aliphatic rings. The van der Waals surface area contributed by atoms with Crippen LogP contribution in [0, 0.1) is 0 Å². The maximum Gasteiger partial charge on any atom is 0.238 e. The minimum atomic E-state index is -1.26. The lowest BCUT2D eigenvalue weighted by molar-refractivity contribution is -0.255. The Balaban J connectivity index is 1.96. The number of methoxy groups -OCH3 is 1. The Morgan fingerprint density at radius 1 is 1.26 bits per heavy atom. The quantitative estimate of drug-likeness (QED) is 0.856. The molecule has 3 rings (SSSR count). The number of anilines is 1. The van der Waals surface area contributed by atoms with E-state index in [2.05, 4.69) is 0 Å². The molecule has 0 saturated carbocycles. The van der Waals surface area contributed by atoms with Gasteiger partial charge in [0.1, 0.15) is 11.1 Å². The van der Waals surface area contributed by atoms with E-state index in [9.17, 15) is 14.7 Å². The number of carboxylic acid groups (broad SMARTS) is 1. The van der Waals surface area contributed by atoms with Crippen molar-refractivity contribution < 1.29 is 19.4 Å². The summed E-state index contributed by atoms with van der Waals surface area (Å²) in [6, 6.07) is 13.8. The fourth-order valence-corrected chi connectivity index (χ4v) is 3.68. The molecule has 1 atom stereocenters. The molecule has 1 amide bonds. The molecule has 0 N–H and O–H groups in total. The van der Waals surface area contributed by atoms with Gasteiger partial charge in [-0.1, -0.05) is 24.3 Å². The van der Waals surface area contributed by atoms with Crippen molar-refractivity contribution in [3.05, 3.63) is 59.7 Å². The lowest BCUT2D eigenvalue weighted by Crippen LogP contribution is -2.28. The predicted molar refractivity (Wildman–Crippen MR) is 86.5 cm³/mol. The molecule has 6 heteroatoms. The van der Waals surface area contributed by atoms with E-state index in [0.29, 0.717) is 11.4 Å². The second-order valence-corrected chi connectivity index (χ2v) is 6.11. The van der Waals surface area contributed by atoms with Crippen LogP contribution in [0.5, 0.6) is 5.75 Å². The summed E-state index contributed by atoms with van der Waals surface area (Å²) >= 11 is 1.51. The van der Waals surface area contributed by atoms with Crippen molar-refractivity contribution in [2.75, 3.05) is 17.8 Å². The molecular weight excluding hydrogens is 314 g/mol. The first kappa shape index (κ1) is 15.4. The number of hydrogen-bond acceptors (Lipinski definition) is 5. The number of rotatable bonds is 4. The molecule has 0 aromatic heterocycles. The molecule has 2 aromatic rings. The molecule has 5 nitrogen and oxygen atoms in total. The first-order valence-corrected chi connectivity index (χ1v) is 8.04. The van der Waals surface area contributed by atoms with E-state index in [1.165, 1.54) is 23.9 Å². The number of carbonyl (C=O) groups is 2. The zero-order chi connectivity index (χ0) is 16.4. The molecule has 118 valence electrons. The number of thioether (sulfide) groups is 1. The summed E-state index contributed by atoms with van der Waals surface area (Å²) in [7, 11) is 1.60. The molecule has 0 spiro atoms. The van der Waals surface area contributed by atoms with Gasteiger partial charge in [-0.3, -0.25) is 9.69 Å². The summed E-state index contributed by atoms with van der Waals surface area (Å²) in [6.07, 6.45) is 0. The first-order valence-electron chi connectivity index (χ1n) is 6.99. The number of carbonyl (C=O) groups excluding carboxylic acids is 2. The Kier molecular flexibility index (Phi) is 4.25. The van der Waals surface area contributed by atoms with Crippen LogP contribution >= 0.6 is 11.8 Å². The molecule has 2 aromatic carbocycles. The molecule has 1 unspecified atom stereocenters. The molecule has 0 radical (unpaired) electrons. The van der Waals surface area contributed by atoms with Crippen molar-refractivity contribution in [3.63, 3.8) is 0 Å². The molecule has 1 fully saturated rings. The highest BCUT2D eigenvalue weighted by Gasteiger charge is 2.34. The van der Waals surface area contributed by atoms with Crippen molar-refractivity contribution in [2.24, 2.45) is 0 Å². The Morgan fingerprint density at radius 3 is 2.65 bits per heavy atom. The number of nitrogens with zero attached hydrogens (tertiary/aromatic N) is 1. The van der Waals surface area contributed by atoms with Crippen molar-refractivity contribution in [3.8, 4) is 5.75 Å². The molecular formula is C17H14NO4S-. The molecule has 23 heavy (non-hydrogen) atoms. The normalized spacial score (nSPS) is 17.3. The number of hydrogen-bond donors (Lipinski definition) is 0. The fourth-order valence-electron chi connectivity index (χ4n) is 2.50. The average Bonchev–Trinajstić information content (AvgIpc) is 2.96. The van der Waals surface area contributed by atoms with E-state index in [1.54, 1.807) is 24.1 Å². The van der Waals surface area contributed by atoms with E-state index in [0.717, 1.165) is 11.3 Å². The fraction of sp³-hybridized carbons (Fsp3) is 0.176. The monoisotopic (exact) mass is 328 g/mol. The SMILES string of the molecule is COc1ccc(C2SCC(=O)N2c2cccc(C(=O)[O-])c2)cc1. The highest BCUT2D eigenvalue weighted by Crippen LogP contribution is 2.42. The maximum atomic E-state index is 12.3. The van der Waals surface area contributed by atoms with E-state index < -0.39 is 5.97 Å². The van der Waals surface area contributed by atoms with Crippen LogP contribution in [0.25, 0.3) is 0 Å². The van der Waals surface area contributed by atoms with Crippen molar-refractivity contribution in [1.82, 2.24) is 0 Å². The third-order valence-corrected chi connectivity index (χ3v) is 4.84. The maximum absolute atomic E-state index is 12.3. The summed E-state index contributed by atoms with van der Waals surface area (Å²) < 4.78 is 5.15. The van der Waals surface area contributed by atoms with Crippen LogP contribution < -0.4 is 14.7 Å². The van der Waals surface area contributed by atoms with Crippen LogP contribution in [0.3, 0.4) is 0 Å². The standard InChI is InChI=1S/C17H15NO4S/c1-22-14-7-5-11(6-8-14)16-18(15(19)10-23-16)13-4-2-3-12(9-13)17(20)21/h2-9,16H,10H2,1H3,(H,20,21)/p-1. The molecule has 0 bridgehead atoms. The lowest BCUT2D eigenvalue weighted by Gasteiger charge is -2.25. The van der Waals surface area contributed by atoms with Gasteiger partial charge in [0.15, 0.2) is 0 Å². The smallest absolute Gasteiger partial charge is 0.238 e. The van der Waals surface area contributed by atoms with Crippen LogP contribution in [0.4, 0.5) is 5.69 Å². The van der Waals surface area contributed by atoms with Crippen molar-refractivity contribution in [2.45, 2.75) is 5.37 Å². The Labute approximate surface area is 137 Å². The van der Waals surface area contributed by atoms with Crippen molar-refractivity contribution in [1.29, 1.82) is 0 Å². The second-order valence-electron chi connectivity index (χ2n) is 5.04. The third-order valence-electron chi connectivity index (χ3n) is 3.63. The van der Waals surface area contributed by atoms with E-state index in [-0.39, 0.29) is 16.8 Å². The van der Waals surface area contributed by atoms with Crippen LogP contribution in [0.2, 0.25) is 0 Å². The highest BCUT2D eigenvalue weighted by atomic mass is 32.2. The number of ether oxygens (including phenoxy) is 1. The van der Waals surface area contributed by atoms with Gasteiger partial charge in [0.05, 0.1) is 18.8 Å². The lowest BCUT2D eigenvalue weighted by atomic mass is 10.1. The zero-order valence-corrected chi connectivity index (χ0v) is 13.2. The van der Waals surface area contributed by atoms with E-state index >= 15 is 0 Å². The Hall–Kier alpha value is -2.47. The molecule has 1 saturated heterocycles. The van der Waals surface area contributed by atoms with Gasteiger partial charge in [0, 0.05) is 5.69 Å².